The molecule has 16 heavy (non-hydrogen) atoms. The number of hydrogen-bond acceptors (Lipinski definition) is 2. The van der Waals surface area contributed by atoms with Crippen LogP contribution >= 0.6 is 0 Å². The highest BCUT2D eigenvalue weighted by Crippen LogP contribution is 2.12. The van der Waals surface area contributed by atoms with E-state index in [0.29, 0.717) is 6.04 Å². The van der Waals surface area contributed by atoms with Crippen molar-refractivity contribution in [3.8, 4) is 0 Å². The summed E-state index contributed by atoms with van der Waals surface area (Å²) in [7, 11) is 3.75. The molecule has 1 aromatic rings. The Balaban J connectivity index is 2.77. The minimum atomic E-state index is 0.228. The Hall–Kier alpha value is -0.860. The van der Waals surface area contributed by atoms with E-state index in [2.05, 4.69) is 44.3 Å². The highest BCUT2D eigenvalue weighted by Gasteiger charge is 2.15. The summed E-state index contributed by atoms with van der Waals surface area (Å²) < 4.78 is 5.37. The number of benzene rings is 1. The highest BCUT2D eigenvalue weighted by atomic mass is 16.5. The van der Waals surface area contributed by atoms with Gasteiger partial charge in [0.05, 0.1) is 6.10 Å². The van der Waals surface area contributed by atoms with Gasteiger partial charge in [-0.25, -0.2) is 0 Å². The van der Waals surface area contributed by atoms with Gasteiger partial charge < -0.3 is 10.1 Å². The monoisotopic (exact) mass is 221 g/mol. The number of nitrogens with one attached hydrogen (secondary N) is 1. The third-order valence-corrected chi connectivity index (χ3v) is 3.05. The van der Waals surface area contributed by atoms with E-state index >= 15 is 0 Å². The summed E-state index contributed by atoms with van der Waals surface area (Å²) in [6.45, 7) is 6.39. The zero-order valence-corrected chi connectivity index (χ0v) is 11.0. The second-order valence-electron chi connectivity index (χ2n) is 4.54. The molecule has 1 N–H and O–H groups in total. The minimum Gasteiger partial charge on any atom is -0.380 e. The topological polar surface area (TPSA) is 21.3 Å². The molecule has 0 aliphatic carbocycles. The molecule has 0 aliphatic rings. The largest absolute Gasteiger partial charge is 0.380 e. The van der Waals surface area contributed by atoms with Crippen molar-refractivity contribution in [2.24, 2.45) is 0 Å². The molecule has 2 heteroatoms. The summed E-state index contributed by atoms with van der Waals surface area (Å²) in [5.41, 5.74) is 4.03. The van der Waals surface area contributed by atoms with E-state index in [1.165, 1.54) is 16.7 Å². The normalized spacial score (nSPS) is 14.8. The molecule has 0 saturated carbocycles. The second-order valence-corrected chi connectivity index (χ2v) is 4.54. The van der Waals surface area contributed by atoms with Crippen molar-refractivity contribution in [2.45, 2.75) is 39.3 Å². The van der Waals surface area contributed by atoms with Crippen LogP contribution in [-0.4, -0.2) is 26.3 Å². The van der Waals surface area contributed by atoms with Gasteiger partial charge in [0.15, 0.2) is 0 Å². The molecule has 0 spiro atoms. The zero-order chi connectivity index (χ0) is 12.1. The van der Waals surface area contributed by atoms with Crippen LogP contribution in [0.1, 0.15) is 23.6 Å². The summed E-state index contributed by atoms with van der Waals surface area (Å²) in [5, 5.41) is 3.32. The maximum atomic E-state index is 5.37. The van der Waals surface area contributed by atoms with Gasteiger partial charge in [-0.05, 0) is 39.8 Å². The number of hydrogen-bond donors (Lipinski definition) is 1. The first-order valence-corrected chi connectivity index (χ1v) is 5.84. The quantitative estimate of drug-likeness (QED) is 0.824. The Kier molecular flexibility index (Phi) is 4.97. The lowest BCUT2D eigenvalue weighted by atomic mass is 9.99. The van der Waals surface area contributed by atoms with Crippen LogP contribution in [0.3, 0.4) is 0 Å². The van der Waals surface area contributed by atoms with Crippen LogP contribution in [0.25, 0.3) is 0 Å². The standard InChI is InChI=1S/C14H23NO/c1-10-6-11(2)8-13(7-10)9-14(15-4)12(3)16-5/h6-8,12,14-15H,9H2,1-5H3. The molecule has 0 saturated heterocycles. The predicted molar refractivity (Wildman–Crippen MR) is 68.9 cm³/mol. The molecule has 0 bridgehead atoms. The van der Waals surface area contributed by atoms with Crippen molar-refractivity contribution >= 4 is 0 Å². The Bertz CT molecular complexity index is 315. The third-order valence-electron chi connectivity index (χ3n) is 3.05. The molecule has 90 valence electrons. The first kappa shape index (κ1) is 13.2. The molecular formula is C14H23NO. The number of aryl methyl sites for hydroxylation is 2. The van der Waals surface area contributed by atoms with E-state index in [1.54, 1.807) is 7.11 Å². The molecule has 1 rings (SSSR count). The summed E-state index contributed by atoms with van der Waals surface area (Å²) in [6.07, 6.45) is 1.24. The fourth-order valence-electron chi connectivity index (χ4n) is 2.11. The van der Waals surface area contributed by atoms with Crippen molar-refractivity contribution in [3.05, 3.63) is 34.9 Å². The third kappa shape index (κ3) is 3.62. The molecule has 2 unspecified atom stereocenters. The van der Waals surface area contributed by atoms with Gasteiger partial charge in [-0.15, -0.1) is 0 Å². The van der Waals surface area contributed by atoms with Crippen LogP contribution in [0.15, 0.2) is 18.2 Å². The van der Waals surface area contributed by atoms with Gasteiger partial charge >= 0.3 is 0 Å². The first-order chi connectivity index (χ1) is 7.56. The van der Waals surface area contributed by atoms with E-state index in [1.807, 2.05) is 7.05 Å². The van der Waals surface area contributed by atoms with Gasteiger partial charge in [0.2, 0.25) is 0 Å². The van der Waals surface area contributed by atoms with Crippen LogP contribution in [0.2, 0.25) is 0 Å². The smallest absolute Gasteiger partial charge is 0.0699 e. The fraction of sp³-hybridized carbons (Fsp3) is 0.571. The van der Waals surface area contributed by atoms with Gasteiger partial charge in [0.25, 0.3) is 0 Å². The number of methoxy groups -OCH3 is 1. The number of rotatable bonds is 5. The van der Waals surface area contributed by atoms with E-state index in [-0.39, 0.29) is 6.10 Å². The van der Waals surface area contributed by atoms with Crippen molar-refractivity contribution in [1.29, 1.82) is 0 Å². The van der Waals surface area contributed by atoms with Crippen molar-refractivity contribution < 1.29 is 4.74 Å². The lowest BCUT2D eigenvalue weighted by Gasteiger charge is -2.22. The van der Waals surface area contributed by atoms with E-state index in [4.69, 9.17) is 4.74 Å². The molecule has 2 atom stereocenters. The van der Waals surface area contributed by atoms with Crippen LogP contribution in [0, 0.1) is 13.8 Å². The molecule has 0 aliphatic heterocycles. The molecule has 1 aromatic carbocycles. The second kappa shape index (κ2) is 6.02. The molecule has 0 aromatic heterocycles. The minimum absolute atomic E-state index is 0.228. The molecule has 2 nitrogen and oxygen atoms in total. The summed E-state index contributed by atoms with van der Waals surface area (Å²) in [5.74, 6) is 0. The summed E-state index contributed by atoms with van der Waals surface area (Å²) in [6, 6.07) is 7.07. The molecular weight excluding hydrogens is 198 g/mol. The van der Waals surface area contributed by atoms with Crippen LogP contribution in [0.5, 0.6) is 0 Å². The average molecular weight is 221 g/mol. The number of likely N-dealkylation sites (N-methyl/N-ethyl adjacent to an activating group) is 1. The maximum Gasteiger partial charge on any atom is 0.0699 e. The van der Waals surface area contributed by atoms with Crippen molar-refractivity contribution in [1.82, 2.24) is 5.32 Å². The molecule has 0 fully saturated rings. The Labute approximate surface area is 99.0 Å². The molecule has 0 radical (unpaired) electrons. The fourth-order valence-corrected chi connectivity index (χ4v) is 2.11. The number of ether oxygens (including phenoxy) is 1. The van der Waals surface area contributed by atoms with Gasteiger partial charge in [-0.2, -0.15) is 0 Å². The van der Waals surface area contributed by atoms with E-state index in [0.717, 1.165) is 6.42 Å². The highest BCUT2D eigenvalue weighted by molar-refractivity contribution is 5.29. The van der Waals surface area contributed by atoms with Crippen LogP contribution in [0.4, 0.5) is 0 Å². The SMILES string of the molecule is CNC(Cc1cc(C)cc(C)c1)C(C)OC. The summed E-state index contributed by atoms with van der Waals surface area (Å²) in [4.78, 5) is 0. The Morgan fingerprint density at radius 3 is 2.19 bits per heavy atom. The predicted octanol–water partition coefficient (Wildman–Crippen LogP) is 2.47. The van der Waals surface area contributed by atoms with Crippen molar-refractivity contribution in [3.63, 3.8) is 0 Å². The van der Waals surface area contributed by atoms with Gasteiger partial charge in [0.1, 0.15) is 0 Å². The van der Waals surface area contributed by atoms with Crippen LogP contribution < -0.4 is 5.32 Å². The van der Waals surface area contributed by atoms with E-state index in [9.17, 15) is 0 Å². The van der Waals surface area contributed by atoms with Crippen LogP contribution in [-0.2, 0) is 11.2 Å². The molecule has 0 amide bonds. The maximum absolute atomic E-state index is 5.37. The summed E-state index contributed by atoms with van der Waals surface area (Å²) >= 11 is 0. The lowest BCUT2D eigenvalue weighted by molar-refractivity contribution is 0.0857. The van der Waals surface area contributed by atoms with Crippen molar-refractivity contribution in [2.75, 3.05) is 14.2 Å². The van der Waals surface area contributed by atoms with E-state index < -0.39 is 0 Å². The average Bonchev–Trinajstić information content (AvgIpc) is 2.23. The Morgan fingerprint density at radius 2 is 1.75 bits per heavy atom. The zero-order valence-electron chi connectivity index (χ0n) is 11.0. The lowest BCUT2D eigenvalue weighted by Crippen LogP contribution is -2.38. The first-order valence-electron chi connectivity index (χ1n) is 5.84. The van der Waals surface area contributed by atoms with Gasteiger partial charge in [-0.3, -0.25) is 0 Å². The van der Waals surface area contributed by atoms with Gasteiger partial charge in [-0.1, -0.05) is 29.3 Å². The Morgan fingerprint density at radius 1 is 1.19 bits per heavy atom. The van der Waals surface area contributed by atoms with Gasteiger partial charge in [0, 0.05) is 13.2 Å². The molecule has 0 heterocycles.